The minimum absolute atomic E-state index is 0.0492. The lowest BCUT2D eigenvalue weighted by Crippen LogP contribution is -2.66. The largest absolute Gasteiger partial charge is 0.461 e. The zero-order chi connectivity index (χ0) is 29.4. The zero-order valence-electron chi connectivity index (χ0n) is 24.4. The third-order valence-corrected chi connectivity index (χ3v) is 12.6. The van der Waals surface area contributed by atoms with Crippen LogP contribution in [0.4, 0.5) is 0 Å². The van der Waals surface area contributed by atoms with Gasteiger partial charge in [-0.1, -0.05) is 39.0 Å². The van der Waals surface area contributed by atoms with Gasteiger partial charge in [-0.15, -0.1) is 0 Å². The van der Waals surface area contributed by atoms with Crippen LogP contribution in [-0.2, 0) is 28.6 Å². The van der Waals surface area contributed by atoms with Crippen LogP contribution >= 0.6 is 0 Å². The molecular formula is C33H39NO8. The summed E-state index contributed by atoms with van der Waals surface area (Å²) in [5.74, 6) is 0.316. The number of hydrogen-bond acceptors (Lipinski definition) is 8. The van der Waals surface area contributed by atoms with Gasteiger partial charge in [-0.25, -0.2) is 4.79 Å². The lowest BCUT2D eigenvalue weighted by molar-refractivity contribution is -0.213. The number of carbonyl (C=O) groups is 4. The van der Waals surface area contributed by atoms with E-state index >= 15 is 0 Å². The SMILES string of the molecule is CC(C)(C)[C@]1(O)C[C@@H]2OC(=O)C[C@@]23C(=O)O[C@@H]2N(CC4C5CC6CC(C5)CC4C6)C(=O)[C@H](OC(=O)c4ccccc4)[C@]213. The van der Waals surface area contributed by atoms with E-state index in [1.165, 1.54) is 6.42 Å². The summed E-state index contributed by atoms with van der Waals surface area (Å²) in [4.78, 5) is 56.9. The lowest BCUT2D eigenvalue weighted by atomic mass is 9.51. The molecule has 1 aromatic carbocycles. The number of likely N-dealkylation sites (tertiary alicyclic amines) is 1. The molecule has 1 amide bonds. The number of rotatable bonds is 4. The fourth-order valence-electron chi connectivity index (χ4n) is 11.1. The monoisotopic (exact) mass is 577 g/mol. The van der Waals surface area contributed by atoms with Gasteiger partial charge in [0.2, 0.25) is 0 Å². The van der Waals surface area contributed by atoms with Crippen molar-refractivity contribution in [2.24, 2.45) is 45.8 Å². The minimum atomic E-state index is -1.74. The van der Waals surface area contributed by atoms with Gasteiger partial charge in [0.15, 0.2) is 12.3 Å². The number of benzene rings is 1. The Bertz CT molecular complexity index is 1360. The molecule has 224 valence electrons. The molecular weight excluding hydrogens is 538 g/mol. The van der Waals surface area contributed by atoms with Crippen molar-refractivity contribution < 1.29 is 38.5 Å². The van der Waals surface area contributed by atoms with E-state index in [0.717, 1.165) is 37.5 Å². The van der Waals surface area contributed by atoms with Gasteiger partial charge in [0.25, 0.3) is 5.91 Å². The quantitative estimate of drug-likeness (QED) is 0.427. The van der Waals surface area contributed by atoms with E-state index in [2.05, 4.69) is 0 Å². The van der Waals surface area contributed by atoms with Crippen molar-refractivity contribution in [2.75, 3.05) is 6.54 Å². The molecule has 0 aromatic heterocycles. The summed E-state index contributed by atoms with van der Waals surface area (Å²) in [7, 11) is 0. The molecule has 4 bridgehead atoms. The Labute approximate surface area is 245 Å². The summed E-state index contributed by atoms with van der Waals surface area (Å²) >= 11 is 0. The highest BCUT2D eigenvalue weighted by Crippen LogP contribution is 2.76. The molecule has 1 aromatic rings. The number of aliphatic hydroxyl groups is 1. The predicted molar refractivity (Wildman–Crippen MR) is 146 cm³/mol. The number of ether oxygens (including phenoxy) is 3. The molecule has 3 saturated heterocycles. The number of amides is 1. The topological polar surface area (TPSA) is 119 Å². The van der Waals surface area contributed by atoms with E-state index in [0.29, 0.717) is 18.4 Å². The Balaban J connectivity index is 1.27. The van der Waals surface area contributed by atoms with E-state index in [4.69, 9.17) is 14.2 Å². The second-order valence-corrected chi connectivity index (χ2v) is 15.3. The Morgan fingerprint density at radius 3 is 2.26 bits per heavy atom. The van der Waals surface area contributed by atoms with Gasteiger partial charge in [0.1, 0.15) is 16.9 Å². The normalized spacial score (nSPS) is 46.4. The predicted octanol–water partition coefficient (Wildman–Crippen LogP) is 3.48. The second-order valence-electron chi connectivity index (χ2n) is 15.3. The van der Waals surface area contributed by atoms with Crippen LogP contribution in [0.3, 0.4) is 0 Å². The molecule has 6 atom stereocenters. The zero-order valence-corrected chi connectivity index (χ0v) is 24.4. The average Bonchev–Trinajstić information content (AvgIpc) is 3.54. The summed E-state index contributed by atoms with van der Waals surface area (Å²) in [5.41, 5.74) is -5.74. The summed E-state index contributed by atoms with van der Waals surface area (Å²) in [6.07, 6.45) is 1.86. The van der Waals surface area contributed by atoms with E-state index in [1.54, 1.807) is 35.2 Å². The molecule has 9 rings (SSSR count). The molecule has 8 fully saturated rings. The van der Waals surface area contributed by atoms with Crippen LogP contribution < -0.4 is 0 Å². The van der Waals surface area contributed by atoms with Crippen LogP contribution in [0.2, 0.25) is 0 Å². The van der Waals surface area contributed by atoms with Crippen molar-refractivity contribution >= 4 is 23.8 Å². The molecule has 9 nitrogen and oxygen atoms in total. The summed E-state index contributed by atoms with van der Waals surface area (Å²) in [6.45, 7) is 5.92. The maximum absolute atomic E-state index is 14.7. The van der Waals surface area contributed by atoms with Crippen molar-refractivity contribution in [2.45, 2.75) is 89.8 Å². The highest BCUT2D eigenvalue weighted by atomic mass is 16.6. The first-order chi connectivity index (χ1) is 19.9. The first kappa shape index (κ1) is 26.7. The molecule has 1 N–H and O–H groups in total. The van der Waals surface area contributed by atoms with E-state index in [1.807, 2.05) is 20.8 Å². The Morgan fingerprint density at radius 2 is 1.64 bits per heavy atom. The van der Waals surface area contributed by atoms with Crippen LogP contribution in [0.25, 0.3) is 0 Å². The summed E-state index contributed by atoms with van der Waals surface area (Å²) < 4.78 is 18.0. The van der Waals surface area contributed by atoms with Gasteiger partial charge in [-0.05, 0) is 79.2 Å². The van der Waals surface area contributed by atoms with Crippen LogP contribution in [0.15, 0.2) is 30.3 Å². The highest BCUT2D eigenvalue weighted by molar-refractivity contribution is 5.99. The van der Waals surface area contributed by atoms with E-state index in [-0.39, 0.29) is 24.3 Å². The molecule has 5 aliphatic carbocycles. The van der Waals surface area contributed by atoms with Crippen molar-refractivity contribution in [3.63, 3.8) is 0 Å². The van der Waals surface area contributed by atoms with Gasteiger partial charge in [0.05, 0.1) is 17.6 Å². The Morgan fingerprint density at radius 1 is 1.00 bits per heavy atom. The van der Waals surface area contributed by atoms with Gasteiger partial charge in [-0.2, -0.15) is 0 Å². The lowest BCUT2D eigenvalue weighted by Gasteiger charge is -2.55. The summed E-state index contributed by atoms with van der Waals surface area (Å²) in [6, 6.07) is 8.39. The molecule has 42 heavy (non-hydrogen) atoms. The third kappa shape index (κ3) is 3.03. The van der Waals surface area contributed by atoms with E-state index < -0.39 is 64.1 Å². The second kappa shape index (κ2) is 8.36. The first-order valence-corrected chi connectivity index (χ1v) is 15.6. The van der Waals surface area contributed by atoms with Crippen molar-refractivity contribution in [1.29, 1.82) is 0 Å². The standard InChI is InChI=1S/C33H39NO8/c1-30(2,3)32(39)14-23-31(15-24(35)40-23)29(38)42-28-33(31,32)25(41-27(37)19-7-5-4-6-8-19)26(36)34(28)16-22-20-10-17-9-18(12-20)13-21(22)11-17/h4-8,17-18,20-23,25,28,39H,9-16H2,1-3H3/t17?,18?,20?,21?,22?,23-,25-,28-,31-,32+,33+/m0/s1. The van der Waals surface area contributed by atoms with Gasteiger partial charge in [0, 0.05) is 13.0 Å². The van der Waals surface area contributed by atoms with Gasteiger partial charge < -0.3 is 24.2 Å². The fourth-order valence-corrected chi connectivity index (χ4v) is 11.1. The Kier molecular flexibility index (Phi) is 5.31. The molecule has 2 spiro atoms. The third-order valence-electron chi connectivity index (χ3n) is 12.6. The molecule has 0 radical (unpaired) electrons. The van der Waals surface area contributed by atoms with E-state index in [9.17, 15) is 24.3 Å². The molecule has 8 aliphatic rings. The number of carbonyl (C=O) groups excluding carboxylic acids is 4. The van der Waals surface area contributed by atoms with Crippen LogP contribution in [0.5, 0.6) is 0 Å². The first-order valence-electron chi connectivity index (χ1n) is 15.6. The molecule has 3 aliphatic heterocycles. The minimum Gasteiger partial charge on any atom is -0.461 e. The van der Waals surface area contributed by atoms with Crippen molar-refractivity contribution in [3.05, 3.63) is 35.9 Å². The van der Waals surface area contributed by atoms with Crippen LogP contribution in [0, 0.1) is 45.8 Å². The number of nitrogens with zero attached hydrogens (tertiary/aromatic N) is 1. The molecule has 3 heterocycles. The van der Waals surface area contributed by atoms with Crippen molar-refractivity contribution in [3.8, 4) is 0 Å². The molecule has 0 unspecified atom stereocenters. The fraction of sp³-hybridized carbons (Fsp3) is 0.697. The average molecular weight is 578 g/mol. The summed E-state index contributed by atoms with van der Waals surface area (Å²) in [5, 5.41) is 12.9. The smallest absolute Gasteiger partial charge is 0.338 e. The maximum Gasteiger partial charge on any atom is 0.338 e. The maximum atomic E-state index is 14.7. The van der Waals surface area contributed by atoms with Crippen molar-refractivity contribution in [1.82, 2.24) is 4.90 Å². The number of esters is 3. The number of hydrogen-bond donors (Lipinski definition) is 1. The molecule has 5 saturated carbocycles. The van der Waals surface area contributed by atoms with Crippen LogP contribution in [0.1, 0.15) is 76.1 Å². The van der Waals surface area contributed by atoms with Gasteiger partial charge >= 0.3 is 17.9 Å². The highest BCUT2D eigenvalue weighted by Gasteiger charge is 2.93. The Hall–Kier alpha value is -2.94. The molecule has 9 heteroatoms. The van der Waals surface area contributed by atoms with Gasteiger partial charge in [-0.3, -0.25) is 14.4 Å². The van der Waals surface area contributed by atoms with Crippen LogP contribution in [-0.4, -0.2) is 64.4 Å².